The lowest BCUT2D eigenvalue weighted by Gasteiger charge is -2.11. The lowest BCUT2D eigenvalue weighted by molar-refractivity contribution is -0.138. The molecule has 9 nitrogen and oxygen atoms in total. The number of carbonyl (C=O) groups excluding carboxylic acids is 1. The zero-order valence-corrected chi connectivity index (χ0v) is 16.4. The molecule has 2 aromatic heterocycles. The number of nitrogens with two attached hydrogens (primary N) is 1. The van der Waals surface area contributed by atoms with Gasteiger partial charge in [0.25, 0.3) is 0 Å². The van der Waals surface area contributed by atoms with Gasteiger partial charge in [0.2, 0.25) is 11.9 Å². The van der Waals surface area contributed by atoms with Crippen molar-refractivity contribution < 1.29 is 27.9 Å². The minimum atomic E-state index is -4.77. The van der Waals surface area contributed by atoms with Gasteiger partial charge in [-0.15, -0.1) is 0 Å². The Morgan fingerprint density at radius 3 is 2.56 bits per heavy atom. The van der Waals surface area contributed by atoms with Gasteiger partial charge in [-0.25, -0.2) is 14.8 Å². The Morgan fingerprint density at radius 2 is 1.94 bits per heavy atom. The lowest BCUT2D eigenvalue weighted by atomic mass is 9.95. The molecule has 1 amide bonds. The highest BCUT2D eigenvalue weighted by molar-refractivity contribution is 5.82. The zero-order valence-electron chi connectivity index (χ0n) is 16.4. The third kappa shape index (κ3) is 5.01. The van der Waals surface area contributed by atoms with Crippen molar-refractivity contribution in [1.29, 1.82) is 0 Å². The summed E-state index contributed by atoms with van der Waals surface area (Å²) >= 11 is 0. The van der Waals surface area contributed by atoms with Crippen LogP contribution in [0.25, 0.3) is 0 Å². The van der Waals surface area contributed by atoms with Crippen molar-refractivity contribution in [3.63, 3.8) is 0 Å². The van der Waals surface area contributed by atoms with Gasteiger partial charge in [0.15, 0.2) is 0 Å². The minimum Gasteiger partial charge on any atom is -0.463 e. The minimum absolute atomic E-state index is 0.145. The lowest BCUT2D eigenvalue weighted by Crippen LogP contribution is -2.19. The normalized spacial score (nSPS) is 11.9. The van der Waals surface area contributed by atoms with Crippen molar-refractivity contribution in [3.05, 3.63) is 65.2 Å². The highest BCUT2D eigenvalue weighted by Gasteiger charge is 2.34. The first-order chi connectivity index (χ1) is 15.1. The molecule has 32 heavy (non-hydrogen) atoms. The molecule has 0 spiro atoms. The molecule has 1 unspecified atom stereocenters. The summed E-state index contributed by atoms with van der Waals surface area (Å²) in [5.41, 5.74) is 4.50. The monoisotopic (exact) mass is 444 g/mol. The van der Waals surface area contributed by atoms with Gasteiger partial charge >= 0.3 is 12.3 Å². The summed E-state index contributed by atoms with van der Waals surface area (Å²) in [6.07, 6.45) is -3.31. The first-order valence-corrected chi connectivity index (χ1v) is 8.95. The number of hydrogen-bond acceptors (Lipinski definition) is 6. The number of primary amides is 1. The van der Waals surface area contributed by atoms with Crippen LogP contribution < -0.4 is 11.1 Å². The number of anilines is 2. The van der Waals surface area contributed by atoms with E-state index in [4.69, 9.17) is 10.8 Å². The molecule has 164 valence electrons. The molecule has 0 saturated carbocycles. The first-order valence-electron chi connectivity index (χ1n) is 8.95. The Labute approximate surface area is 179 Å². The maximum absolute atomic E-state index is 13.4. The summed E-state index contributed by atoms with van der Waals surface area (Å²) < 4.78 is 40.9. The number of nitrogens with zero attached hydrogens (tertiary/aromatic N) is 4. The summed E-state index contributed by atoms with van der Waals surface area (Å²) in [7, 11) is 0. The fourth-order valence-corrected chi connectivity index (χ4v) is 2.63. The number of carbonyl (C=O) groups is 2. The van der Waals surface area contributed by atoms with Crippen LogP contribution in [-0.4, -0.2) is 36.9 Å². The van der Waals surface area contributed by atoms with E-state index >= 15 is 0 Å². The smallest absolute Gasteiger partial charge is 0.432 e. The summed E-state index contributed by atoms with van der Waals surface area (Å²) in [6.45, 7) is 1.56. The van der Waals surface area contributed by atoms with Crippen molar-refractivity contribution in [2.45, 2.75) is 19.0 Å². The van der Waals surface area contributed by atoms with E-state index in [2.05, 4.69) is 32.2 Å². The molecule has 1 atom stereocenters. The number of rotatable bonds is 4. The average Bonchev–Trinajstić information content (AvgIpc) is 3.20. The van der Waals surface area contributed by atoms with E-state index in [1.165, 1.54) is 0 Å². The molecule has 0 fully saturated rings. The standard InChI is InChI=1S/C20H15F3N6O3/c1-11(17(24)30)14-5-3-2-4-12(14)6-7-16-15(20(21,22)23)9-25-18(28-16)27-13-8-26-29(10-13)19(31)32/h2-5,8-11H,1H3,(H2,24,30)(H,31,32)(H,25,27,28). The number of halogens is 3. The van der Waals surface area contributed by atoms with Gasteiger partial charge in [0, 0.05) is 11.8 Å². The molecule has 4 N–H and O–H groups in total. The topological polar surface area (TPSA) is 136 Å². The Bertz CT molecular complexity index is 1240. The van der Waals surface area contributed by atoms with Crippen LogP contribution in [0.15, 0.2) is 42.9 Å². The van der Waals surface area contributed by atoms with Crippen LogP contribution >= 0.6 is 0 Å². The van der Waals surface area contributed by atoms with Crippen molar-refractivity contribution in [3.8, 4) is 11.8 Å². The molecule has 0 aliphatic heterocycles. The first kappa shape index (κ1) is 22.3. The summed E-state index contributed by atoms with van der Waals surface area (Å²) in [5, 5.41) is 15.0. The second-order valence-electron chi connectivity index (χ2n) is 6.50. The molecule has 1 aromatic carbocycles. The highest BCUT2D eigenvalue weighted by Crippen LogP contribution is 2.31. The maximum atomic E-state index is 13.4. The fraction of sp³-hybridized carbons (Fsp3) is 0.150. The van der Waals surface area contributed by atoms with Crippen LogP contribution in [0.2, 0.25) is 0 Å². The van der Waals surface area contributed by atoms with E-state index in [0.717, 1.165) is 12.4 Å². The molecular formula is C20H15F3N6O3. The predicted octanol–water partition coefficient (Wildman–Crippen LogP) is 2.95. The van der Waals surface area contributed by atoms with Crippen LogP contribution in [0.3, 0.4) is 0 Å². The number of carboxylic acid groups (broad SMARTS) is 1. The molecule has 0 saturated heterocycles. The Morgan fingerprint density at radius 1 is 1.22 bits per heavy atom. The van der Waals surface area contributed by atoms with Gasteiger partial charge in [-0.05, 0) is 24.5 Å². The average molecular weight is 444 g/mol. The molecule has 0 radical (unpaired) electrons. The van der Waals surface area contributed by atoms with E-state index < -0.39 is 35.4 Å². The number of nitrogens with one attached hydrogen (secondary N) is 1. The summed E-state index contributed by atoms with van der Waals surface area (Å²) in [4.78, 5) is 29.9. The second-order valence-corrected chi connectivity index (χ2v) is 6.50. The van der Waals surface area contributed by atoms with Gasteiger partial charge in [0.1, 0.15) is 11.3 Å². The maximum Gasteiger partial charge on any atom is 0.432 e. The van der Waals surface area contributed by atoms with E-state index in [9.17, 15) is 22.8 Å². The van der Waals surface area contributed by atoms with Crippen LogP contribution in [0, 0.1) is 11.8 Å². The summed E-state index contributed by atoms with van der Waals surface area (Å²) in [5.74, 6) is 3.46. The van der Waals surface area contributed by atoms with E-state index in [1.54, 1.807) is 31.2 Å². The van der Waals surface area contributed by atoms with Crippen molar-refractivity contribution in [2.75, 3.05) is 5.32 Å². The molecule has 3 aromatic rings. The Kier molecular flexibility index (Phi) is 6.10. The quantitative estimate of drug-likeness (QED) is 0.527. The van der Waals surface area contributed by atoms with Gasteiger partial charge in [-0.2, -0.15) is 23.0 Å². The van der Waals surface area contributed by atoms with Gasteiger partial charge in [-0.3, -0.25) is 4.79 Å². The molecular weight excluding hydrogens is 429 g/mol. The molecule has 0 bridgehead atoms. The SMILES string of the molecule is CC(C(N)=O)c1ccccc1C#Cc1nc(Nc2cnn(C(=O)O)c2)ncc1C(F)(F)F. The van der Waals surface area contributed by atoms with Crippen LogP contribution in [0.5, 0.6) is 0 Å². The van der Waals surface area contributed by atoms with Gasteiger partial charge in [-0.1, -0.05) is 24.1 Å². The molecule has 0 aliphatic rings. The predicted molar refractivity (Wildman–Crippen MR) is 106 cm³/mol. The number of hydrogen-bond donors (Lipinski definition) is 3. The van der Waals surface area contributed by atoms with E-state index in [0.29, 0.717) is 22.0 Å². The van der Waals surface area contributed by atoms with E-state index in [1.807, 2.05) is 0 Å². The highest BCUT2D eigenvalue weighted by atomic mass is 19.4. The Balaban J connectivity index is 2.01. The third-order valence-corrected chi connectivity index (χ3v) is 4.30. The van der Waals surface area contributed by atoms with Crippen LogP contribution in [-0.2, 0) is 11.0 Å². The van der Waals surface area contributed by atoms with Gasteiger partial charge in [0.05, 0.1) is 24.0 Å². The Hall–Kier alpha value is -4.40. The van der Waals surface area contributed by atoms with Crippen molar-refractivity contribution >= 4 is 23.6 Å². The number of alkyl halides is 3. The second kappa shape index (κ2) is 8.76. The number of amides is 1. The van der Waals surface area contributed by atoms with Gasteiger partial charge < -0.3 is 16.2 Å². The molecule has 3 rings (SSSR count). The van der Waals surface area contributed by atoms with Crippen molar-refractivity contribution in [1.82, 2.24) is 19.7 Å². The van der Waals surface area contributed by atoms with Crippen molar-refractivity contribution in [2.24, 2.45) is 5.73 Å². The summed E-state index contributed by atoms with van der Waals surface area (Å²) in [6, 6.07) is 6.44. The largest absolute Gasteiger partial charge is 0.463 e. The third-order valence-electron chi connectivity index (χ3n) is 4.30. The van der Waals surface area contributed by atoms with Crippen LogP contribution in [0.1, 0.15) is 35.2 Å². The number of benzene rings is 1. The molecule has 2 heterocycles. The molecule has 12 heteroatoms. The fourth-order valence-electron chi connectivity index (χ4n) is 2.63. The molecule has 0 aliphatic carbocycles. The van der Waals surface area contributed by atoms with Crippen LogP contribution in [0.4, 0.5) is 29.6 Å². The zero-order chi connectivity index (χ0) is 23.5. The van der Waals surface area contributed by atoms with E-state index in [-0.39, 0.29) is 11.6 Å². The number of aromatic nitrogens is 4.